The summed E-state index contributed by atoms with van der Waals surface area (Å²) in [6.07, 6.45) is 2.69. The fourth-order valence-electron chi connectivity index (χ4n) is 5.39. The van der Waals surface area contributed by atoms with Crippen LogP contribution in [0.25, 0.3) is 0 Å². The summed E-state index contributed by atoms with van der Waals surface area (Å²) in [5.41, 5.74) is 0.914. The molecule has 1 unspecified atom stereocenters. The molecule has 0 bridgehead atoms. The number of ether oxygens (including phenoxy) is 2. The average molecular weight is 498 g/mol. The van der Waals surface area contributed by atoms with E-state index < -0.39 is 11.5 Å². The summed E-state index contributed by atoms with van der Waals surface area (Å²) in [5.74, 6) is 1.24. The van der Waals surface area contributed by atoms with Crippen LogP contribution < -0.4 is 14.8 Å². The average Bonchev–Trinajstić information content (AvgIpc) is 3.11. The van der Waals surface area contributed by atoms with Crippen LogP contribution in [0.3, 0.4) is 0 Å². The monoisotopic (exact) mass is 497 g/mol. The molecule has 0 radical (unpaired) electrons. The molecule has 2 aliphatic rings. The highest BCUT2D eigenvalue weighted by Crippen LogP contribution is 2.35. The number of hydrogen-bond acceptors (Lipinski definition) is 5. The second-order valence-corrected chi connectivity index (χ2v) is 10.1. The number of carbonyl (C=O) groups excluding carboxylic acids is 2. The minimum atomic E-state index is -0.494. The van der Waals surface area contributed by atoms with Crippen molar-refractivity contribution in [1.29, 1.82) is 0 Å². The van der Waals surface area contributed by atoms with Gasteiger partial charge in [0.25, 0.3) is 5.91 Å². The molecule has 1 N–H and O–H groups in total. The molecule has 194 valence electrons. The van der Waals surface area contributed by atoms with Crippen LogP contribution >= 0.6 is 0 Å². The number of nitrogens with zero attached hydrogens (tertiary/aromatic N) is 2. The topological polar surface area (TPSA) is 71.1 Å². The summed E-state index contributed by atoms with van der Waals surface area (Å²) in [6.45, 7) is 5.80. The van der Waals surface area contributed by atoms with Gasteiger partial charge < -0.3 is 19.3 Å². The zero-order chi connectivity index (χ0) is 25.9. The van der Waals surface area contributed by atoms with E-state index >= 15 is 0 Å². The zero-order valence-electron chi connectivity index (χ0n) is 21.6. The molecule has 0 aliphatic carbocycles. The first-order valence-electron chi connectivity index (χ1n) is 12.6. The summed E-state index contributed by atoms with van der Waals surface area (Å²) >= 11 is 0. The van der Waals surface area contributed by atoms with Crippen molar-refractivity contribution in [2.24, 2.45) is 5.92 Å². The van der Waals surface area contributed by atoms with Gasteiger partial charge in [-0.3, -0.25) is 14.9 Å². The molecule has 2 amide bonds. The Balaban J connectivity index is 1.50. The first-order valence-corrected chi connectivity index (χ1v) is 12.6. The molecule has 2 aromatic rings. The zero-order valence-corrected chi connectivity index (χ0v) is 21.6. The summed E-state index contributed by atoms with van der Waals surface area (Å²) in [5, 5.41) is 3.66. The lowest BCUT2D eigenvalue weighted by molar-refractivity contribution is -0.133. The van der Waals surface area contributed by atoms with E-state index in [-0.39, 0.29) is 17.9 Å². The molecule has 1 atom stereocenters. The number of halogens is 1. The largest absolute Gasteiger partial charge is 0.493 e. The molecular weight excluding hydrogens is 461 g/mol. The van der Waals surface area contributed by atoms with Gasteiger partial charge in [0, 0.05) is 38.0 Å². The standard InChI is InChI=1S/C28H36FN3O4/c1-19(2)16-23-27(34)32(13-10-20-8-9-24(35-3)25(17-20)36-4)28(30-23)11-14-31(15-12-28)26(33)21-6-5-7-22(29)18-21/h5-9,17-19,23,30H,10-16H2,1-4H3. The van der Waals surface area contributed by atoms with E-state index in [1.807, 2.05) is 23.1 Å². The maximum absolute atomic E-state index is 13.7. The minimum Gasteiger partial charge on any atom is -0.493 e. The number of benzene rings is 2. The van der Waals surface area contributed by atoms with Gasteiger partial charge in [-0.25, -0.2) is 4.39 Å². The summed E-state index contributed by atoms with van der Waals surface area (Å²) in [7, 11) is 3.22. The van der Waals surface area contributed by atoms with Crippen LogP contribution in [-0.4, -0.2) is 67.2 Å². The number of rotatable bonds is 8. The first-order chi connectivity index (χ1) is 17.3. The van der Waals surface area contributed by atoms with Gasteiger partial charge in [-0.1, -0.05) is 26.0 Å². The van der Waals surface area contributed by atoms with Gasteiger partial charge in [0.1, 0.15) is 5.82 Å². The Morgan fingerprint density at radius 1 is 1.11 bits per heavy atom. The van der Waals surface area contributed by atoms with Gasteiger partial charge in [-0.05, 0) is 54.7 Å². The van der Waals surface area contributed by atoms with Gasteiger partial charge in [-0.2, -0.15) is 0 Å². The second kappa shape index (κ2) is 10.9. The number of methoxy groups -OCH3 is 2. The van der Waals surface area contributed by atoms with Crippen LogP contribution in [-0.2, 0) is 11.2 Å². The third kappa shape index (κ3) is 5.33. The molecule has 2 aromatic carbocycles. The smallest absolute Gasteiger partial charge is 0.253 e. The predicted molar refractivity (Wildman–Crippen MR) is 136 cm³/mol. The van der Waals surface area contributed by atoms with Crippen molar-refractivity contribution < 1.29 is 23.5 Å². The Labute approximate surface area is 212 Å². The highest BCUT2D eigenvalue weighted by atomic mass is 19.1. The van der Waals surface area contributed by atoms with E-state index in [1.54, 1.807) is 31.3 Å². The van der Waals surface area contributed by atoms with Crippen molar-refractivity contribution in [3.63, 3.8) is 0 Å². The van der Waals surface area contributed by atoms with Crippen molar-refractivity contribution in [3.8, 4) is 11.5 Å². The third-order valence-corrected chi connectivity index (χ3v) is 7.25. The molecule has 4 rings (SSSR count). The van der Waals surface area contributed by atoms with Crippen LogP contribution in [0, 0.1) is 11.7 Å². The maximum Gasteiger partial charge on any atom is 0.253 e. The van der Waals surface area contributed by atoms with E-state index in [0.29, 0.717) is 61.9 Å². The summed E-state index contributed by atoms with van der Waals surface area (Å²) in [4.78, 5) is 30.2. The van der Waals surface area contributed by atoms with Crippen molar-refractivity contribution in [2.75, 3.05) is 33.9 Å². The second-order valence-electron chi connectivity index (χ2n) is 10.1. The fourth-order valence-corrected chi connectivity index (χ4v) is 5.39. The number of amides is 2. The number of piperidine rings is 1. The van der Waals surface area contributed by atoms with Gasteiger partial charge in [0.15, 0.2) is 11.5 Å². The Morgan fingerprint density at radius 3 is 2.47 bits per heavy atom. The molecule has 0 saturated carbocycles. The van der Waals surface area contributed by atoms with Gasteiger partial charge >= 0.3 is 0 Å². The van der Waals surface area contributed by atoms with Crippen molar-refractivity contribution in [1.82, 2.24) is 15.1 Å². The fraction of sp³-hybridized carbons (Fsp3) is 0.500. The van der Waals surface area contributed by atoms with Crippen LogP contribution in [0.15, 0.2) is 42.5 Å². The van der Waals surface area contributed by atoms with Gasteiger partial charge in [-0.15, -0.1) is 0 Å². The van der Waals surface area contributed by atoms with E-state index in [9.17, 15) is 14.0 Å². The number of likely N-dealkylation sites (tertiary alicyclic amines) is 1. The number of hydrogen-bond donors (Lipinski definition) is 1. The van der Waals surface area contributed by atoms with Crippen molar-refractivity contribution in [3.05, 3.63) is 59.4 Å². The molecule has 8 heteroatoms. The lowest BCUT2D eigenvalue weighted by atomic mass is 9.94. The molecule has 7 nitrogen and oxygen atoms in total. The van der Waals surface area contributed by atoms with E-state index in [4.69, 9.17) is 9.47 Å². The van der Waals surface area contributed by atoms with Crippen LogP contribution in [0.2, 0.25) is 0 Å². The minimum absolute atomic E-state index is 0.120. The number of carbonyl (C=O) groups is 2. The normalized spacial score (nSPS) is 19.3. The van der Waals surface area contributed by atoms with Crippen LogP contribution in [0.5, 0.6) is 11.5 Å². The Hall–Kier alpha value is -3.13. The lowest BCUT2D eigenvalue weighted by Crippen LogP contribution is -2.60. The maximum atomic E-state index is 13.7. The molecule has 36 heavy (non-hydrogen) atoms. The molecular formula is C28H36FN3O4. The molecule has 2 aliphatic heterocycles. The van der Waals surface area contributed by atoms with Crippen molar-refractivity contribution in [2.45, 2.75) is 51.2 Å². The molecule has 2 saturated heterocycles. The molecule has 2 fully saturated rings. The SMILES string of the molecule is COc1ccc(CCN2C(=O)C(CC(C)C)NC23CCN(C(=O)c2cccc(F)c2)CC3)cc1OC. The number of nitrogens with one attached hydrogen (secondary N) is 1. The molecule has 2 heterocycles. The Kier molecular flexibility index (Phi) is 7.83. The predicted octanol–water partition coefficient (Wildman–Crippen LogP) is 3.86. The molecule has 1 spiro atoms. The van der Waals surface area contributed by atoms with Crippen LogP contribution in [0.1, 0.15) is 49.0 Å². The highest BCUT2D eigenvalue weighted by Gasteiger charge is 2.51. The first kappa shape index (κ1) is 25.9. The van der Waals surface area contributed by atoms with Gasteiger partial charge in [0.05, 0.1) is 25.9 Å². The lowest BCUT2D eigenvalue weighted by Gasteiger charge is -2.44. The van der Waals surface area contributed by atoms with Crippen LogP contribution in [0.4, 0.5) is 4.39 Å². The van der Waals surface area contributed by atoms with Gasteiger partial charge in [0.2, 0.25) is 5.91 Å². The highest BCUT2D eigenvalue weighted by molar-refractivity contribution is 5.94. The third-order valence-electron chi connectivity index (χ3n) is 7.25. The summed E-state index contributed by atoms with van der Waals surface area (Å²) in [6, 6.07) is 11.4. The molecule has 0 aromatic heterocycles. The van der Waals surface area contributed by atoms with Crippen molar-refractivity contribution >= 4 is 11.8 Å². The quantitative estimate of drug-likeness (QED) is 0.600. The Bertz CT molecular complexity index is 1100. The Morgan fingerprint density at radius 2 is 1.83 bits per heavy atom. The summed E-state index contributed by atoms with van der Waals surface area (Å²) < 4.78 is 24.4. The van der Waals surface area contributed by atoms with E-state index in [1.165, 1.54) is 12.1 Å². The van der Waals surface area contributed by atoms with E-state index in [2.05, 4.69) is 19.2 Å². The van der Waals surface area contributed by atoms with E-state index in [0.717, 1.165) is 12.0 Å².